The molecule has 1 aromatic heterocycles. The van der Waals surface area contributed by atoms with Gasteiger partial charge in [-0.2, -0.15) is 18.3 Å². The number of alkyl halides is 3. The van der Waals surface area contributed by atoms with Crippen molar-refractivity contribution in [2.75, 3.05) is 0 Å². The van der Waals surface area contributed by atoms with Crippen molar-refractivity contribution in [2.24, 2.45) is 0 Å². The van der Waals surface area contributed by atoms with E-state index in [2.05, 4.69) is 5.10 Å². The molecule has 1 heterocycles. The highest BCUT2D eigenvalue weighted by molar-refractivity contribution is 5.12. The molecule has 0 aliphatic carbocycles. The quantitative estimate of drug-likeness (QED) is 0.773. The van der Waals surface area contributed by atoms with Gasteiger partial charge in [-0.15, -0.1) is 0 Å². The fourth-order valence-electron chi connectivity index (χ4n) is 1.00. The van der Waals surface area contributed by atoms with E-state index in [1.165, 1.54) is 0 Å². The molecule has 0 fully saturated rings. The molecule has 13 heavy (non-hydrogen) atoms. The minimum Gasteiger partial charge on any atom is -0.374 e. The highest BCUT2D eigenvalue weighted by Crippen LogP contribution is 2.28. The van der Waals surface area contributed by atoms with Crippen molar-refractivity contribution >= 4 is 0 Å². The molecule has 0 saturated heterocycles. The lowest BCUT2D eigenvalue weighted by Gasteiger charge is -2.00. The Kier molecular flexibility index (Phi) is 2.60. The second kappa shape index (κ2) is 3.37. The first-order chi connectivity index (χ1) is 5.99. The molecular weight excluding hydrogens is 185 g/mol. The van der Waals surface area contributed by atoms with Crippen LogP contribution < -0.4 is 0 Å². The maximum absolute atomic E-state index is 12.1. The SMILES string of the molecule is CCc1cc(C(F)(F)F)nn1CO. The molecular formula is C7H9F3N2O. The van der Waals surface area contributed by atoms with Crippen LogP contribution in [0.5, 0.6) is 0 Å². The zero-order valence-corrected chi connectivity index (χ0v) is 6.97. The van der Waals surface area contributed by atoms with Crippen molar-refractivity contribution in [2.45, 2.75) is 26.3 Å². The number of nitrogens with zero attached hydrogens (tertiary/aromatic N) is 2. The normalized spacial score (nSPS) is 12.1. The molecule has 6 heteroatoms. The number of aliphatic hydroxyl groups is 1. The van der Waals surface area contributed by atoms with E-state index >= 15 is 0 Å². The van der Waals surface area contributed by atoms with E-state index in [4.69, 9.17) is 5.11 Å². The highest BCUT2D eigenvalue weighted by atomic mass is 19.4. The number of rotatable bonds is 2. The summed E-state index contributed by atoms with van der Waals surface area (Å²) in [6, 6.07) is 0.941. The topological polar surface area (TPSA) is 38.0 Å². The zero-order valence-electron chi connectivity index (χ0n) is 6.97. The molecule has 1 N–H and O–H groups in total. The van der Waals surface area contributed by atoms with Crippen molar-refractivity contribution in [1.29, 1.82) is 0 Å². The number of hydrogen-bond acceptors (Lipinski definition) is 2. The Morgan fingerprint density at radius 3 is 2.46 bits per heavy atom. The Bertz CT molecular complexity index is 271. The number of hydrogen-bond donors (Lipinski definition) is 1. The fraction of sp³-hybridized carbons (Fsp3) is 0.571. The zero-order chi connectivity index (χ0) is 10.1. The smallest absolute Gasteiger partial charge is 0.374 e. The van der Waals surface area contributed by atoms with Crippen LogP contribution in [0.25, 0.3) is 0 Å². The maximum atomic E-state index is 12.1. The molecule has 3 nitrogen and oxygen atoms in total. The van der Waals surface area contributed by atoms with Gasteiger partial charge in [0, 0.05) is 5.69 Å². The first kappa shape index (κ1) is 10.0. The van der Waals surface area contributed by atoms with Crippen LogP contribution in [0.15, 0.2) is 6.07 Å². The first-order valence-electron chi connectivity index (χ1n) is 3.73. The van der Waals surface area contributed by atoms with Gasteiger partial charge < -0.3 is 5.11 Å². The van der Waals surface area contributed by atoms with Crippen molar-refractivity contribution in [3.8, 4) is 0 Å². The molecule has 0 unspecified atom stereocenters. The molecule has 0 atom stereocenters. The molecule has 0 saturated carbocycles. The van der Waals surface area contributed by atoms with Gasteiger partial charge in [0.25, 0.3) is 0 Å². The van der Waals surface area contributed by atoms with E-state index in [9.17, 15) is 13.2 Å². The minimum absolute atomic E-state index is 0.370. The lowest BCUT2D eigenvalue weighted by molar-refractivity contribution is -0.141. The molecule has 0 aliphatic rings. The summed E-state index contributed by atoms with van der Waals surface area (Å²) in [6.45, 7) is 1.17. The van der Waals surface area contributed by atoms with Crippen LogP contribution in [0, 0.1) is 0 Å². The van der Waals surface area contributed by atoms with E-state index in [-0.39, 0.29) is 0 Å². The summed E-state index contributed by atoms with van der Waals surface area (Å²) in [5, 5.41) is 11.9. The number of halogens is 3. The molecule has 1 aromatic rings. The van der Waals surface area contributed by atoms with Crippen molar-refractivity contribution in [1.82, 2.24) is 9.78 Å². The van der Waals surface area contributed by atoms with Crippen LogP contribution in [-0.2, 0) is 19.3 Å². The van der Waals surface area contributed by atoms with Gasteiger partial charge in [-0.1, -0.05) is 6.92 Å². The monoisotopic (exact) mass is 194 g/mol. The molecule has 74 valence electrons. The van der Waals surface area contributed by atoms with E-state index in [1.807, 2.05) is 0 Å². The third-order valence-electron chi connectivity index (χ3n) is 1.65. The van der Waals surface area contributed by atoms with Gasteiger partial charge in [-0.3, -0.25) is 0 Å². The van der Waals surface area contributed by atoms with Crippen LogP contribution in [-0.4, -0.2) is 14.9 Å². The summed E-state index contributed by atoms with van der Waals surface area (Å²) in [7, 11) is 0. The molecule has 0 bridgehead atoms. The minimum atomic E-state index is -4.44. The lowest BCUT2D eigenvalue weighted by Crippen LogP contribution is -2.08. The summed E-state index contributed by atoms with van der Waals surface area (Å²) >= 11 is 0. The average Bonchev–Trinajstić information content (AvgIpc) is 2.45. The predicted octanol–water partition coefficient (Wildman–Crippen LogP) is 1.41. The first-order valence-corrected chi connectivity index (χ1v) is 3.73. The van der Waals surface area contributed by atoms with Crippen molar-refractivity contribution in [3.05, 3.63) is 17.5 Å². The van der Waals surface area contributed by atoms with Crippen molar-refractivity contribution in [3.63, 3.8) is 0 Å². The fourth-order valence-corrected chi connectivity index (χ4v) is 1.00. The van der Waals surface area contributed by atoms with E-state index in [0.29, 0.717) is 12.1 Å². The van der Waals surface area contributed by atoms with Gasteiger partial charge in [0.2, 0.25) is 0 Å². The van der Waals surface area contributed by atoms with Gasteiger partial charge in [0.1, 0.15) is 6.73 Å². The molecule has 0 amide bonds. The van der Waals surface area contributed by atoms with Gasteiger partial charge in [0.15, 0.2) is 5.69 Å². The number of aryl methyl sites for hydroxylation is 1. The molecule has 1 rings (SSSR count). The summed E-state index contributed by atoms with van der Waals surface area (Å²) in [6.07, 6.45) is -4.03. The standard InChI is InChI=1S/C7H9F3N2O/c1-2-5-3-6(7(8,9)10)11-12(5)4-13/h3,13H,2,4H2,1H3. The summed E-state index contributed by atoms with van der Waals surface area (Å²) < 4.78 is 37.2. The van der Waals surface area contributed by atoms with Crippen molar-refractivity contribution < 1.29 is 18.3 Å². The van der Waals surface area contributed by atoms with Gasteiger partial charge in [0.05, 0.1) is 0 Å². The van der Waals surface area contributed by atoms with Crippen LogP contribution in [0.2, 0.25) is 0 Å². The Morgan fingerprint density at radius 2 is 2.15 bits per heavy atom. The lowest BCUT2D eigenvalue weighted by atomic mass is 10.3. The van der Waals surface area contributed by atoms with Crippen LogP contribution in [0.4, 0.5) is 13.2 Å². The highest BCUT2D eigenvalue weighted by Gasteiger charge is 2.34. The Hall–Kier alpha value is -1.04. The van der Waals surface area contributed by atoms with Gasteiger partial charge in [-0.25, -0.2) is 4.68 Å². The maximum Gasteiger partial charge on any atom is 0.435 e. The Morgan fingerprint density at radius 1 is 1.54 bits per heavy atom. The summed E-state index contributed by atoms with van der Waals surface area (Å²) in [5.41, 5.74) is -0.590. The largest absolute Gasteiger partial charge is 0.435 e. The third kappa shape index (κ3) is 2.00. The summed E-state index contributed by atoms with van der Waals surface area (Å²) in [5.74, 6) is 0. The van der Waals surface area contributed by atoms with E-state index in [1.54, 1.807) is 6.92 Å². The molecule has 0 radical (unpaired) electrons. The van der Waals surface area contributed by atoms with Crippen LogP contribution in [0.1, 0.15) is 18.3 Å². The molecule has 0 spiro atoms. The third-order valence-corrected chi connectivity index (χ3v) is 1.65. The summed E-state index contributed by atoms with van der Waals surface area (Å²) in [4.78, 5) is 0. The number of aromatic nitrogens is 2. The predicted molar refractivity (Wildman–Crippen MR) is 38.8 cm³/mol. The Balaban J connectivity index is 3.07. The molecule has 0 aromatic carbocycles. The Labute approximate surface area is 72.8 Å². The number of aliphatic hydroxyl groups excluding tert-OH is 1. The van der Waals surface area contributed by atoms with Gasteiger partial charge in [-0.05, 0) is 12.5 Å². The average molecular weight is 194 g/mol. The van der Waals surface area contributed by atoms with Crippen LogP contribution in [0.3, 0.4) is 0 Å². The van der Waals surface area contributed by atoms with E-state index in [0.717, 1.165) is 10.7 Å². The molecule has 0 aliphatic heterocycles. The second-order valence-electron chi connectivity index (χ2n) is 2.51. The van der Waals surface area contributed by atoms with Gasteiger partial charge >= 0.3 is 6.18 Å². The second-order valence-corrected chi connectivity index (χ2v) is 2.51. The van der Waals surface area contributed by atoms with Crippen LogP contribution >= 0.6 is 0 Å². The van der Waals surface area contributed by atoms with E-state index < -0.39 is 18.6 Å².